The summed E-state index contributed by atoms with van der Waals surface area (Å²) >= 11 is 1.73. The van der Waals surface area contributed by atoms with Gasteiger partial charge in [0.05, 0.1) is 5.92 Å². The molecule has 100 valence electrons. The molecule has 2 aliphatic carbocycles. The van der Waals surface area contributed by atoms with Crippen molar-refractivity contribution >= 4 is 11.3 Å². The summed E-state index contributed by atoms with van der Waals surface area (Å²) in [6.07, 6.45) is 4.55. The Kier molecular flexibility index (Phi) is 2.70. The number of fused-ring (bicyclic) bond motifs is 2. The molecule has 2 aliphatic rings. The molecule has 0 spiro atoms. The van der Waals surface area contributed by atoms with E-state index in [1.807, 2.05) is 6.07 Å². The molecule has 2 bridgehead atoms. The van der Waals surface area contributed by atoms with Gasteiger partial charge in [0.1, 0.15) is 0 Å². The third kappa shape index (κ3) is 1.92. The average Bonchev–Trinajstić information content (AvgIpc) is 3.13. The Morgan fingerprint density at radius 2 is 2.26 bits per heavy atom. The maximum atomic E-state index is 6.32. The molecule has 0 saturated heterocycles. The van der Waals surface area contributed by atoms with Gasteiger partial charge in [0.2, 0.25) is 5.89 Å². The molecule has 4 rings (SSSR count). The summed E-state index contributed by atoms with van der Waals surface area (Å²) in [4.78, 5) is 5.85. The molecular weight excluding hydrogens is 258 g/mol. The van der Waals surface area contributed by atoms with Crippen LogP contribution in [0.4, 0.5) is 0 Å². The highest BCUT2D eigenvalue weighted by Crippen LogP contribution is 2.51. The lowest BCUT2D eigenvalue weighted by atomic mass is 9.85. The molecule has 0 aromatic carbocycles. The maximum Gasteiger partial charge on any atom is 0.231 e. The minimum absolute atomic E-state index is 0.216. The van der Waals surface area contributed by atoms with Crippen LogP contribution in [0.3, 0.4) is 0 Å². The normalized spacial score (nSPS) is 33.1. The lowest BCUT2D eigenvalue weighted by molar-refractivity contribution is 0.278. The lowest BCUT2D eigenvalue weighted by Crippen LogP contribution is -2.34. The second-order valence-corrected chi connectivity index (χ2v) is 6.77. The summed E-state index contributed by atoms with van der Waals surface area (Å²) in [6.45, 7) is 0. The predicted molar refractivity (Wildman–Crippen MR) is 73.0 cm³/mol. The van der Waals surface area contributed by atoms with Crippen LogP contribution in [0.15, 0.2) is 22.0 Å². The van der Waals surface area contributed by atoms with Crippen LogP contribution in [0.2, 0.25) is 0 Å². The Morgan fingerprint density at radius 1 is 1.37 bits per heavy atom. The first-order valence-electron chi connectivity index (χ1n) is 6.91. The van der Waals surface area contributed by atoms with Gasteiger partial charge in [0.25, 0.3) is 0 Å². The van der Waals surface area contributed by atoms with E-state index in [4.69, 9.17) is 10.3 Å². The van der Waals surface area contributed by atoms with Gasteiger partial charge >= 0.3 is 0 Å². The highest BCUT2D eigenvalue weighted by Gasteiger charge is 2.48. The van der Waals surface area contributed by atoms with E-state index in [0.717, 1.165) is 18.1 Å². The molecule has 2 saturated carbocycles. The average molecular weight is 275 g/mol. The zero-order valence-electron chi connectivity index (χ0n) is 10.7. The van der Waals surface area contributed by atoms with Crippen LogP contribution < -0.4 is 5.73 Å². The Labute approximate surface area is 116 Å². The van der Waals surface area contributed by atoms with Crippen molar-refractivity contribution in [2.24, 2.45) is 17.6 Å². The van der Waals surface area contributed by atoms with E-state index in [0.29, 0.717) is 17.8 Å². The molecule has 5 heteroatoms. The van der Waals surface area contributed by atoms with E-state index in [1.165, 1.54) is 24.1 Å². The summed E-state index contributed by atoms with van der Waals surface area (Å²) < 4.78 is 5.48. The van der Waals surface area contributed by atoms with Crippen LogP contribution in [0.5, 0.6) is 0 Å². The summed E-state index contributed by atoms with van der Waals surface area (Å²) in [5.41, 5.74) is 6.32. The molecule has 2 fully saturated rings. The summed E-state index contributed by atoms with van der Waals surface area (Å²) in [5.74, 6) is 3.18. The van der Waals surface area contributed by atoms with E-state index in [9.17, 15) is 0 Å². The number of hydrogen-bond donors (Lipinski definition) is 1. The van der Waals surface area contributed by atoms with Crippen LogP contribution in [-0.4, -0.2) is 16.2 Å². The van der Waals surface area contributed by atoms with Crippen molar-refractivity contribution in [3.8, 4) is 0 Å². The van der Waals surface area contributed by atoms with Gasteiger partial charge in [-0.25, -0.2) is 0 Å². The Morgan fingerprint density at radius 3 is 3.00 bits per heavy atom. The summed E-state index contributed by atoms with van der Waals surface area (Å²) in [6, 6.07) is 4.37. The second kappa shape index (κ2) is 4.42. The van der Waals surface area contributed by atoms with Crippen molar-refractivity contribution in [2.45, 2.75) is 37.6 Å². The SMILES string of the molecule is NC1C2CCC(C2)C1c1nc(Cc2cccs2)no1. The molecule has 2 heterocycles. The molecular formula is C14H17N3OS. The maximum absolute atomic E-state index is 6.32. The van der Waals surface area contributed by atoms with Crippen LogP contribution in [-0.2, 0) is 6.42 Å². The van der Waals surface area contributed by atoms with Gasteiger partial charge in [0, 0.05) is 17.3 Å². The number of aromatic nitrogens is 2. The third-order valence-electron chi connectivity index (χ3n) is 4.66. The Bertz CT molecular complexity index is 563. The fraction of sp³-hybridized carbons (Fsp3) is 0.571. The van der Waals surface area contributed by atoms with Crippen molar-refractivity contribution in [1.82, 2.24) is 10.1 Å². The molecule has 4 atom stereocenters. The zero-order valence-corrected chi connectivity index (χ0v) is 11.5. The van der Waals surface area contributed by atoms with Crippen molar-refractivity contribution in [3.63, 3.8) is 0 Å². The Balaban J connectivity index is 1.55. The van der Waals surface area contributed by atoms with Crippen molar-refractivity contribution in [2.75, 3.05) is 0 Å². The van der Waals surface area contributed by atoms with Crippen molar-refractivity contribution in [3.05, 3.63) is 34.1 Å². The summed E-state index contributed by atoms with van der Waals surface area (Å²) in [5, 5.41) is 6.19. The van der Waals surface area contributed by atoms with Crippen LogP contribution in [0.25, 0.3) is 0 Å². The number of hydrogen-bond acceptors (Lipinski definition) is 5. The molecule has 4 nitrogen and oxygen atoms in total. The molecule has 0 amide bonds. The first-order valence-corrected chi connectivity index (χ1v) is 7.79. The zero-order chi connectivity index (χ0) is 12.8. The molecule has 2 aromatic rings. The standard InChI is InChI=1S/C14H17N3OS/c15-13-9-4-3-8(6-9)12(13)14-16-11(17-18-14)7-10-2-1-5-19-10/h1-2,5,8-9,12-13H,3-4,6-7,15H2. The number of thiophene rings is 1. The van der Waals surface area contributed by atoms with E-state index in [1.54, 1.807) is 11.3 Å². The molecule has 19 heavy (non-hydrogen) atoms. The highest BCUT2D eigenvalue weighted by molar-refractivity contribution is 7.09. The molecule has 4 unspecified atom stereocenters. The largest absolute Gasteiger partial charge is 0.339 e. The quantitative estimate of drug-likeness (QED) is 0.935. The Hall–Kier alpha value is -1.20. The monoisotopic (exact) mass is 275 g/mol. The van der Waals surface area contributed by atoms with Gasteiger partial charge < -0.3 is 10.3 Å². The van der Waals surface area contributed by atoms with Gasteiger partial charge in [-0.15, -0.1) is 11.3 Å². The fourth-order valence-corrected chi connectivity index (χ4v) is 4.45. The van der Waals surface area contributed by atoms with Crippen LogP contribution in [0.1, 0.15) is 41.8 Å². The van der Waals surface area contributed by atoms with Gasteiger partial charge in [-0.05, 0) is 42.5 Å². The highest BCUT2D eigenvalue weighted by atomic mass is 32.1. The number of rotatable bonds is 3. The van der Waals surface area contributed by atoms with Gasteiger partial charge in [0.15, 0.2) is 5.82 Å². The fourth-order valence-electron chi connectivity index (χ4n) is 3.75. The summed E-state index contributed by atoms with van der Waals surface area (Å²) in [7, 11) is 0. The van der Waals surface area contributed by atoms with Gasteiger partial charge in [-0.1, -0.05) is 11.2 Å². The topological polar surface area (TPSA) is 64.9 Å². The van der Waals surface area contributed by atoms with E-state index >= 15 is 0 Å². The smallest absolute Gasteiger partial charge is 0.231 e. The number of nitrogens with two attached hydrogens (primary N) is 1. The van der Waals surface area contributed by atoms with E-state index < -0.39 is 0 Å². The lowest BCUT2D eigenvalue weighted by Gasteiger charge is -2.24. The third-order valence-corrected chi connectivity index (χ3v) is 5.54. The first-order chi connectivity index (χ1) is 9.31. The minimum atomic E-state index is 0.216. The van der Waals surface area contributed by atoms with E-state index in [-0.39, 0.29) is 6.04 Å². The number of nitrogens with zero attached hydrogens (tertiary/aromatic N) is 2. The van der Waals surface area contributed by atoms with Crippen molar-refractivity contribution < 1.29 is 4.52 Å². The molecule has 0 radical (unpaired) electrons. The molecule has 2 N–H and O–H groups in total. The van der Waals surface area contributed by atoms with Crippen LogP contribution >= 0.6 is 11.3 Å². The van der Waals surface area contributed by atoms with Gasteiger partial charge in [-0.2, -0.15) is 4.98 Å². The predicted octanol–water partition coefficient (Wildman–Crippen LogP) is 2.56. The van der Waals surface area contributed by atoms with Crippen LogP contribution in [0, 0.1) is 11.8 Å². The van der Waals surface area contributed by atoms with Gasteiger partial charge in [-0.3, -0.25) is 0 Å². The van der Waals surface area contributed by atoms with Crippen molar-refractivity contribution in [1.29, 1.82) is 0 Å². The van der Waals surface area contributed by atoms with E-state index in [2.05, 4.69) is 21.6 Å². The molecule has 2 aromatic heterocycles. The second-order valence-electron chi connectivity index (χ2n) is 5.74. The minimum Gasteiger partial charge on any atom is -0.339 e. The first kappa shape index (κ1) is 11.6. The molecule has 0 aliphatic heterocycles.